The molecule has 1 saturated carbocycles. The first-order valence-corrected chi connectivity index (χ1v) is 10.0. The zero-order valence-electron chi connectivity index (χ0n) is 15.8. The van der Waals surface area contributed by atoms with Gasteiger partial charge < -0.3 is 10.4 Å². The highest BCUT2D eigenvalue weighted by Crippen LogP contribution is 2.42. The summed E-state index contributed by atoms with van der Waals surface area (Å²) < 4.78 is 66.9. The average molecular weight is 483 g/mol. The summed E-state index contributed by atoms with van der Waals surface area (Å²) in [5.41, 5.74) is -3.70. The first kappa shape index (κ1) is 23.7. The molecule has 1 unspecified atom stereocenters. The summed E-state index contributed by atoms with van der Waals surface area (Å²) in [7, 11) is 0. The average Bonchev–Trinajstić information content (AvgIpc) is 2.69. The predicted octanol–water partition coefficient (Wildman–Crippen LogP) is 5.66. The number of carbonyl (C=O) groups is 1. The van der Waals surface area contributed by atoms with E-state index in [1.165, 1.54) is 6.07 Å². The van der Waals surface area contributed by atoms with E-state index in [-0.39, 0.29) is 36.3 Å². The summed E-state index contributed by atoms with van der Waals surface area (Å²) in [6, 6.07) is 2.55. The second-order valence-corrected chi connectivity index (χ2v) is 8.15. The minimum atomic E-state index is -4.82. The van der Waals surface area contributed by atoms with Crippen LogP contribution in [0.15, 0.2) is 30.5 Å². The summed E-state index contributed by atoms with van der Waals surface area (Å²) in [5.74, 6) is -1.84. The lowest BCUT2D eigenvalue weighted by Crippen LogP contribution is -2.49. The molecule has 1 amide bonds. The maximum atomic E-state index is 13.9. The molecule has 4 nitrogen and oxygen atoms in total. The van der Waals surface area contributed by atoms with Crippen LogP contribution in [0.3, 0.4) is 0 Å². The van der Waals surface area contributed by atoms with Crippen molar-refractivity contribution in [1.82, 2.24) is 10.3 Å². The van der Waals surface area contributed by atoms with Crippen molar-refractivity contribution in [3.05, 3.63) is 63.1 Å². The number of nitrogens with one attached hydrogen (secondary N) is 1. The molecule has 3 rings (SSSR count). The Hall–Kier alpha value is -1.97. The highest BCUT2D eigenvalue weighted by Gasteiger charge is 2.44. The summed E-state index contributed by atoms with van der Waals surface area (Å²) >= 11 is 11.9. The quantitative estimate of drug-likeness (QED) is 0.552. The van der Waals surface area contributed by atoms with Gasteiger partial charge in [-0.1, -0.05) is 23.2 Å². The van der Waals surface area contributed by atoms with E-state index in [4.69, 9.17) is 23.2 Å². The molecule has 168 valence electrons. The van der Waals surface area contributed by atoms with E-state index in [0.717, 1.165) is 18.3 Å². The maximum Gasteiger partial charge on any atom is 0.417 e. The Morgan fingerprint density at radius 3 is 2.48 bits per heavy atom. The number of amides is 1. The van der Waals surface area contributed by atoms with E-state index in [1.807, 2.05) is 0 Å². The molecule has 1 fully saturated rings. The number of hydrogen-bond acceptors (Lipinski definition) is 3. The van der Waals surface area contributed by atoms with Gasteiger partial charge in [0.2, 0.25) is 0 Å². The van der Waals surface area contributed by atoms with Crippen molar-refractivity contribution in [3.8, 4) is 0 Å². The first-order valence-electron chi connectivity index (χ1n) is 9.26. The lowest BCUT2D eigenvalue weighted by atomic mass is 9.76. The third-order valence-corrected chi connectivity index (χ3v) is 6.00. The van der Waals surface area contributed by atoms with Gasteiger partial charge in [0.1, 0.15) is 17.7 Å². The fourth-order valence-corrected chi connectivity index (χ4v) is 4.16. The van der Waals surface area contributed by atoms with Crippen LogP contribution in [0.1, 0.15) is 53.3 Å². The smallest absolute Gasteiger partial charge is 0.387 e. The fraction of sp³-hybridized carbons (Fsp3) is 0.400. The third-order valence-electron chi connectivity index (χ3n) is 5.27. The summed E-state index contributed by atoms with van der Waals surface area (Å²) in [5, 5.41) is 12.6. The molecular formula is C20H17Cl2F5N2O2. The molecule has 1 heterocycles. The Kier molecular flexibility index (Phi) is 6.78. The van der Waals surface area contributed by atoms with Crippen molar-refractivity contribution in [2.75, 3.05) is 0 Å². The van der Waals surface area contributed by atoms with E-state index in [2.05, 4.69) is 10.3 Å². The normalized spacial score (nSPS) is 22.8. The molecule has 1 atom stereocenters. The van der Waals surface area contributed by atoms with Crippen LogP contribution in [0.4, 0.5) is 22.0 Å². The highest BCUT2D eigenvalue weighted by atomic mass is 35.5. The van der Waals surface area contributed by atoms with Crippen LogP contribution in [-0.4, -0.2) is 27.8 Å². The van der Waals surface area contributed by atoms with E-state index in [0.29, 0.717) is 6.07 Å². The zero-order chi connectivity index (χ0) is 23.0. The van der Waals surface area contributed by atoms with Gasteiger partial charge in [-0.25, -0.2) is 13.8 Å². The Morgan fingerprint density at radius 2 is 1.87 bits per heavy atom. The first-order chi connectivity index (χ1) is 14.4. The second-order valence-electron chi connectivity index (χ2n) is 7.37. The van der Waals surface area contributed by atoms with Crippen LogP contribution in [-0.2, 0) is 6.18 Å². The summed E-state index contributed by atoms with van der Waals surface area (Å²) in [4.78, 5) is 16.5. The molecule has 2 aromatic rings. The largest absolute Gasteiger partial charge is 0.417 e. The minimum Gasteiger partial charge on any atom is -0.387 e. The lowest BCUT2D eigenvalue weighted by molar-refractivity contribution is -0.137. The highest BCUT2D eigenvalue weighted by molar-refractivity contribution is 6.34. The van der Waals surface area contributed by atoms with Crippen molar-refractivity contribution in [3.63, 3.8) is 0 Å². The number of aliphatic hydroxyl groups is 1. The molecule has 1 aliphatic rings. The summed E-state index contributed by atoms with van der Waals surface area (Å²) in [6.45, 7) is 0. The molecule has 1 aromatic carbocycles. The second kappa shape index (κ2) is 8.88. The maximum absolute atomic E-state index is 13.9. The molecule has 0 spiro atoms. The van der Waals surface area contributed by atoms with Crippen LogP contribution in [0.2, 0.25) is 10.0 Å². The number of aromatic nitrogens is 1. The van der Waals surface area contributed by atoms with Crippen molar-refractivity contribution >= 4 is 29.1 Å². The summed E-state index contributed by atoms with van der Waals surface area (Å²) in [6.07, 6.45) is -5.41. The van der Waals surface area contributed by atoms with Gasteiger partial charge >= 0.3 is 6.18 Å². The number of benzene rings is 1. The van der Waals surface area contributed by atoms with Crippen LogP contribution in [0.25, 0.3) is 0 Å². The monoisotopic (exact) mass is 482 g/mol. The van der Waals surface area contributed by atoms with Crippen molar-refractivity contribution in [2.45, 2.75) is 49.7 Å². The number of halogens is 7. The third kappa shape index (κ3) is 5.10. The molecule has 11 heteroatoms. The molecule has 2 N–H and O–H groups in total. The van der Waals surface area contributed by atoms with Crippen molar-refractivity contribution in [2.24, 2.45) is 0 Å². The van der Waals surface area contributed by atoms with Gasteiger partial charge in [0.25, 0.3) is 5.91 Å². The lowest BCUT2D eigenvalue weighted by Gasteiger charge is -2.41. The topological polar surface area (TPSA) is 62.2 Å². The number of alkyl halides is 4. The zero-order valence-corrected chi connectivity index (χ0v) is 17.3. The van der Waals surface area contributed by atoms with Gasteiger partial charge in [-0.05, 0) is 55.5 Å². The standard InChI is InChI=1S/C20H17Cl2F5N2O2/c21-14-2-1-11(24)9-12(14)17(19(31)6-3-10(23)4-7-19)29-18(30)16-15(22)13(5-8-28-16)20(25,26)27/h1-2,5,8-10,17,31H,3-4,6-7H2,(H,29,30). The Balaban J connectivity index is 2.02. The molecule has 0 saturated heterocycles. The fourth-order valence-electron chi connectivity index (χ4n) is 3.63. The van der Waals surface area contributed by atoms with Crippen LogP contribution >= 0.6 is 23.2 Å². The van der Waals surface area contributed by atoms with E-state index in [9.17, 15) is 31.9 Å². The minimum absolute atomic E-state index is 0.00192. The van der Waals surface area contributed by atoms with Gasteiger partial charge in [-0.3, -0.25) is 4.79 Å². The van der Waals surface area contributed by atoms with Gasteiger partial charge in [-0.15, -0.1) is 0 Å². The van der Waals surface area contributed by atoms with E-state index < -0.39 is 52.0 Å². The number of rotatable bonds is 4. The van der Waals surface area contributed by atoms with E-state index in [1.54, 1.807) is 0 Å². The molecule has 31 heavy (non-hydrogen) atoms. The van der Waals surface area contributed by atoms with Gasteiger partial charge in [0.05, 0.1) is 22.2 Å². The van der Waals surface area contributed by atoms with Crippen LogP contribution < -0.4 is 5.32 Å². The Labute approximate surface area is 184 Å². The van der Waals surface area contributed by atoms with Gasteiger partial charge in [0.15, 0.2) is 0 Å². The van der Waals surface area contributed by atoms with Crippen molar-refractivity contribution in [1.29, 1.82) is 0 Å². The molecule has 1 aliphatic carbocycles. The van der Waals surface area contributed by atoms with Crippen LogP contribution in [0.5, 0.6) is 0 Å². The molecule has 0 radical (unpaired) electrons. The molecule has 1 aromatic heterocycles. The Bertz CT molecular complexity index is 979. The van der Waals surface area contributed by atoms with Gasteiger partial charge in [-0.2, -0.15) is 13.2 Å². The predicted molar refractivity (Wildman–Crippen MR) is 104 cm³/mol. The number of carbonyl (C=O) groups excluding carboxylic acids is 1. The number of pyridine rings is 1. The van der Waals surface area contributed by atoms with Crippen LogP contribution in [0, 0.1) is 5.82 Å². The molecule has 0 bridgehead atoms. The molecule has 0 aliphatic heterocycles. The van der Waals surface area contributed by atoms with Crippen molar-refractivity contribution < 1.29 is 31.9 Å². The number of hydrogen-bond donors (Lipinski definition) is 2. The SMILES string of the molecule is O=C(NC(c1cc(F)ccc1Cl)C1(O)CCC(F)CC1)c1nccc(C(F)(F)F)c1Cl. The Morgan fingerprint density at radius 1 is 1.23 bits per heavy atom. The van der Waals surface area contributed by atoms with Gasteiger partial charge in [0, 0.05) is 11.2 Å². The molecular weight excluding hydrogens is 466 g/mol. The number of nitrogens with zero attached hydrogens (tertiary/aromatic N) is 1. The van der Waals surface area contributed by atoms with E-state index >= 15 is 0 Å².